The lowest BCUT2D eigenvalue weighted by atomic mass is 10.2. The molecular formula is C20H22N2O4S. The van der Waals surface area contributed by atoms with Crippen LogP contribution in [0.15, 0.2) is 48.5 Å². The topological polar surface area (TPSA) is 84.5 Å². The van der Waals surface area contributed by atoms with Crippen LogP contribution in [0.3, 0.4) is 0 Å². The van der Waals surface area contributed by atoms with Gasteiger partial charge >= 0.3 is 5.97 Å². The molecule has 0 aliphatic carbocycles. The van der Waals surface area contributed by atoms with Gasteiger partial charge in [0.1, 0.15) is 6.04 Å². The normalized spacial score (nSPS) is 11.8. The number of esters is 1. The summed E-state index contributed by atoms with van der Waals surface area (Å²) in [6.45, 7) is 3.39. The zero-order valence-electron chi connectivity index (χ0n) is 15.2. The number of hydrogen-bond acceptors (Lipinski definition) is 5. The third kappa shape index (κ3) is 6.71. The second-order valence-electron chi connectivity index (χ2n) is 5.69. The number of ether oxygens (including phenoxy) is 1. The molecule has 142 valence electrons. The lowest BCUT2D eigenvalue weighted by molar-refractivity contribution is -0.144. The lowest BCUT2D eigenvalue weighted by Crippen LogP contribution is -2.46. The Bertz CT molecular complexity index is 814. The molecule has 0 radical (unpaired) electrons. The summed E-state index contributed by atoms with van der Waals surface area (Å²) in [5.41, 5.74) is 1.11. The van der Waals surface area contributed by atoms with Crippen molar-refractivity contribution in [1.82, 2.24) is 10.6 Å². The fourth-order valence-electron chi connectivity index (χ4n) is 2.21. The highest BCUT2D eigenvalue weighted by Crippen LogP contribution is 2.28. The largest absolute Gasteiger partial charge is 0.452 e. The maximum Gasteiger partial charge on any atom is 0.331 e. The van der Waals surface area contributed by atoms with Gasteiger partial charge in [-0.05, 0) is 37.6 Å². The molecule has 2 rings (SSSR count). The summed E-state index contributed by atoms with van der Waals surface area (Å²) in [7, 11) is 0. The van der Waals surface area contributed by atoms with E-state index in [1.165, 1.54) is 6.08 Å². The Hall–Kier alpha value is -2.93. The number of rotatable bonds is 8. The Kier molecular flexibility index (Phi) is 7.76. The molecule has 1 atom stereocenters. The Morgan fingerprint density at radius 2 is 1.89 bits per heavy atom. The van der Waals surface area contributed by atoms with Crippen LogP contribution in [0.2, 0.25) is 0 Å². The molecule has 0 spiro atoms. The maximum atomic E-state index is 11.8. The molecule has 0 saturated heterocycles. The standard InChI is InChI=1S/C20H22N2O4S/c1-3-21-20(25)14(2)22-18(23)13-26-19(24)12-10-16-9-11-17(27-16)15-7-5-4-6-8-15/h4-12,14H,3,13H2,1-2H3,(H,21,25)(H,22,23)/b12-10+/t14-/m0/s1. The minimum Gasteiger partial charge on any atom is -0.452 e. The first-order valence-electron chi connectivity index (χ1n) is 8.56. The first kappa shape index (κ1) is 20.4. The van der Waals surface area contributed by atoms with Gasteiger partial charge in [-0.15, -0.1) is 11.3 Å². The summed E-state index contributed by atoms with van der Waals surface area (Å²) in [6, 6.07) is 13.2. The van der Waals surface area contributed by atoms with Gasteiger partial charge < -0.3 is 15.4 Å². The summed E-state index contributed by atoms with van der Waals surface area (Å²) >= 11 is 1.55. The molecule has 0 bridgehead atoms. The van der Waals surface area contributed by atoms with Crippen molar-refractivity contribution in [2.75, 3.05) is 13.2 Å². The summed E-state index contributed by atoms with van der Waals surface area (Å²) in [6.07, 6.45) is 2.93. The second kappa shape index (κ2) is 10.3. The average Bonchev–Trinajstić information content (AvgIpc) is 3.14. The van der Waals surface area contributed by atoms with Gasteiger partial charge in [0.15, 0.2) is 6.61 Å². The molecule has 1 aromatic carbocycles. The number of carbonyl (C=O) groups excluding carboxylic acids is 3. The van der Waals surface area contributed by atoms with Gasteiger partial charge in [0.05, 0.1) is 0 Å². The number of benzene rings is 1. The minimum atomic E-state index is -0.686. The van der Waals surface area contributed by atoms with Crippen molar-refractivity contribution in [3.63, 3.8) is 0 Å². The Morgan fingerprint density at radius 1 is 1.15 bits per heavy atom. The molecule has 0 unspecified atom stereocenters. The molecule has 1 heterocycles. The maximum absolute atomic E-state index is 11.8. The first-order chi connectivity index (χ1) is 13.0. The van der Waals surface area contributed by atoms with Crippen molar-refractivity contribution in [3.05, 3.63) is 53.4 Å². The van der Waals surface area contributed by atoms with Crippen LogP contribution in [0.5, 0.6) is 0 Å². The number of amides is 2. The predicted molar refractivity (Wildman–Crippen MR) is 106 cm³/mol. The van der Waals surface area contributed by atoms with E-state index in [1.807, 2.05) is 42.5 Å². The molecule has 27 heavy (non-hydrogen) atoms. The first-order valence-corrected chi connectivity index (χ1v) is 9.38. The van der Waals surface area contributed by atoms with E-state index in [1.54, 1.807) is 31.3 Å². The van der Waals surface area contributed by atoms with Gasteiger partial charge in [-0.3, -0.25) is 9.59 Å². The summed E-state index contributed by atoms with van der Waals surface area (Å²) < 4.78 is 4.89. The molecule has 2 amide bonds. The fourth-order valence-corrected chi connectivity index (χ4v) is 3.13. The summed E-state index contributed by atoms with van der Waals surface area (Å²) in [5, 5.41) is 5.06. The van der Waals surface area contributed by atoms with E-state index in [0.29, 0.717) is 6.54 Å². The Balaban J connectivity index is 1.79. The van der Waals surface area contributed by atoms with Crippen molar-refractivity contribution in [2.24, 2.45) is 0 Å². The van der Waals surface area contributed by atoms with Crippen molar-refractivity contribution in [1.29, 1.82) is 0 Å². The average molecular weight is 386 g/mol. The van der Waals surface area contributed by atoms with Crippen LogP contribution in [0, 0.1) is 0 Å². The fraction of sp³-hybridized carbons (Fsp3) is 0.250. The monoisotopic (exact) mass is 386 g/mol. The van der Waals surface area contributed by atoms with Crippen LogP contribution in [-0.4, -0.2) is 37.0 Å². The van der Waals surface area contributed by atoms with E-state index < -0.39 is 24.5 Å². The van der Waals surface area contributed by atoms with E-state index in [9.17, 15) is 14.4 Å². The molecule has 0 fully saturated rings. The van der Waals surface area contributed by atoms with E-state index >= 15 is 0 Å². The number of thiophene rings is 1. The molecule has 7 heteroatoms. The zero-order chi connectivity index (χ0) is 19.6. The highest BCUT2D eigenvalue weighted by atomic mass is 32.1. The highest BCUT2D eigenvalue weighted by molar-refractivity contribution is 7.16. The van der Waals surface area contributed by atoms with Crippen LogP contribution in [-0.2, 0) is 19.1 Å². The van der Waals surface area contributed by atoms with Gasteiger partial charge in [-0.1, -0.05) is 30.3 Å². The molecule has 0 aliphatic heterocycles. The summed E-state index contributed by atoms with van der Waals surface area (Å²) in [4.78, 5) is 37.0. The molecule has 0 aliphatic rings. The lowest BCUT2D eigenvalue weighted by Gasteiger charge is -2.12. The van der Waals surface area contributed by atoms with Crippen LogP contribution in [0.1, 0.15) is 18.7 Å². The van der Waals surface area contributed by atoms with Crippen molar-refractivity contribution < 1.29 is 19.1 Å². The van der Waals surface area contributed by atoms with Crippen LogP contribution in [0.25, 0.3) is 16.5 Å². The summed E-state index contributed by atoms with van der Waals surface area (Å²) in [5.74, 6) is -1.44. The molecular weight excluding hydrogens is 364 g/mol. The van der Waals surface area contributed by atoms with E-state index in [4.69, 9.17) is 4.74 Å². The third-order valence-corrected chi connectivity index (χ3v) is 4.64. The number of likely N-dealkylation sites (N-methyl/N-ethyl adjacent to an activating group) is 1. The third-order valence-electron chi connectivity index (χ3n) is 3.54. The Morgan fingerprint density at radius 3 is 2.59 bits per heavy atom. The van der Waals surface area contributed by atoms with Gasteiger partial charge in [0, 0.05) is 22.4 Å². The molecule has 2 aromatic rings. The van der Waals surface area contributed by atoms with Gasteiger partial charge in [-0.25, -0.2) is 4.79 Å². The minimum absolute atomic E-state index is 0.288. The Labute approximate surface area is 162 Å². The molecule has 2 N–H and O–H groups in total. The van der Waals surface area contributed by atoms with Gasteiger partial charge in [-0.2, -0.15) is 0 Å². The molecule has 0 saturated carbocycles. The number of nitrogens with one attached hydrogen (secondary N) is 2. The van der Waals surface area contributed by atoms with Crippen molar-refractivity contribution >= 4 is 35.2 Å². The SMILES string of the molecule is CCNC(=O)[C@H](C)NC(=O)COC(=O)/C=C/c1ccc(-c2ccccc2)s1. The number of carbonyl (C=O) groups is 3. The predicted octanol–water partition coefficient (Wildman–Crippen LogP) is 2.61. The molecule has 1 aromatic heterocycles. The quantitative estimate of drug-likeness (QED) is 0.540. The van der Waals surface area contributed by atoms with Crippen molar-refractivity contribution in [2.45, 2.75) is 19.9 Å². The van der Waals surface area contributed by atoms with E-state index in [-0.39, 0.29) is 5.91 Å². The highest BCUT2D eigenvalue weighted by Gasteiger charge is 2.15. The van der Waals surface area contributed by atoms with E-state index in [0.717, 1.165) is 15.3 Å². The van der Waals surface area contributed by atoms with Gasteiger partial charge in [0.25, 0.3) is 5.91 Å². The second-order valence-corrected chi connectivity index (χ2v) is 6.81. The van der Waals surface area contributed by atoms with Crippen LogP contribution < -0.4 is 10.6 Å². The van der Waals surface area contributed by atoms with Crippen molar-refractivity contribution in [3.8, 4) is 10.4 Å². The van der Waals surface area contributed by atoms with Gasteiger partial charge in [0.2, 0.25) is 5.91 Å². The number of hydrogen-bond donors (Lipinski definition) is 2. The smallest absolute Gasteiger partial charge is 0.331 e. The van der Waals surface area contributed by atoms with E-state index in [2.05, 4.69) is 10.6 Å². The van der Waals surface area contributed by atoms with Crippen LogP contribution in [0.4, 0.5) is 0 Å². The van der Waals surface area contributed by atoms with Crippen LogP contribution >= 0.6 is 11.3 Å². The zero-order valence-corrected chi connectivity index (χ0v) is 16.0. The molecule has 6 nitrogen and oxygen atoms in total.